The fourth-order valence-electron chi connectivity index (χ4n) is 1.97. The zero-order chi connectivity index (χ0) is 12.3. The van der Waals surface area contributed by atoms with E-state index in [0.29, 0.717) is 0 Å². The Morgan fingerprint density at radius 3 is 2.88 bits per heavy atom. The quantitative estimate of drug-likeness (QED) is 0.606. The van der Waals surface area contributed by atoms with Gasteiger partial charge in [-0.25, -0.2) is 10.4 Å². The van der Waals surface area contributed by atoms with Crippen LogP contribution < -0.4 is 11.3 Å². The minimum Gasteiger partial charge on any atom is -0.336 e. The molecule has 5 nitrogen and oxygen atoms in total. The van der Waals surface area contributed by atoms with Crippen molar-refractivity contribution < 1.29 is 0 Å². The van der Waals surface area contributed by atoms with Gasteiger partial charge in [-0.15, -0.1) is 0 Å². The molecule has 17 heavy (non-hydrogen) atoms. The van der Waals surface area contributed by atoms with Crippen molar-refractivity contribution in [3.63, 3.8) is 0 Å². The lowest BCUT2D eigenvalue weighted by molar-refractivity contribution is 0.575. The van der Waals surface area contributed by atoms with E-state index in [2.05, 4.69) is 22.3 Å². The second kappa shape index (κ2) is 5.07. The molecule has 0 amide bonds. The number of hydrogen-bond acceptors (Lipinski definition) is 4. The molecule has 2 aromatic rings. The van der Waals surface area contributed by atoms with Gasteiger partial charge in [0.05, 0.1) is 0 Å². The van der Waals surface area contributed by atoms with Crippen molar-refractivity contribution in [1.29, 1.82) is 0 Å². The predicted molar refractivity (Wildman–Crippen MR) is 66.0 cm³/mol. The first-order valence-electron chi connectivity index (χ1n) is 5.64. The Kier molecular flexibility index (Phi) is 3.51. The highest BCUT2D eigenvalue weighted by molar-refractivity contribution is 5.31. The Balaban J connectivity index is 2.46. The van der Waals surface area contributed by atoms with Crippen LogP contribution in [0, 0.1) is 0 Å². The lowest BCUT2D eigenvalue weighted by Crippen LogP contribution is -2.31. The second-order valence-corrected chi connectivity index (χ2v) is 3.92. The highest BCUT2D eigenvalue weighted by Gasteiger charge is 2.18. The molecule has 0 saturated heterocycles. The van der Waals surface area contributed by atoms with Gasteiger partial charge in [-0.05, 0) is 23.6 Å². The molecule has 1 unspecified atom stereocenters. The number of nitrogens with two attached hydrogens (primary N) is 1. The van der Waals surface area contributed by atoms with E-state index in [0.717, 1.165) is 17.8 Å². The van der Waals surface area contributed by atoms with E-state index in [4.69, 9.17) is 5.84 Å². The van der Waals surface area contributed by atoms with E-state index in [1.54, 1.807) is 12.4 Å². The first kappa shape index (κ1) is 11.8. The molecule has 2 rings (SSSR count). The molecular formula is C12H17N5. The lowest BCUT2D eigenvalue weighted by Gasteiger charge is -2.18. The fourth-order valence-corrected chi connectivity index (χ4v) is 1.97. The molecule has 2 aromatic heterocycles. The lowest BCUT2D eigenvalue weighted by atomic mass is 10.0. The van der Waals surface area contributed by atoms with Crippen LogP contribution in [0.4, 0.5) is 0 Å². The van der Waals surface area contributed by atoms with Crippen molar-refractivity contribution in [2.45, 2.75) is 19.4 Å². The van der Waals surface area contributed by atoms with Crippen molar-refractivity contribution in [2.24, 2.45) is 12.9 Å². The largest absolute Gasteiger partial charge is 0.336 e. The Labute approximate surface area is 101 Å². The second-order valence-electron chi connectivity index (χ2n) is 3.92. The fraction of sp³-hybridized carbons (Fsp3) is 0.333. The van der Waals surface area contributed by atoms with Gasteiger partial charge in [0.15, 0.2) is 0 Å². The SMILES string of the molecule is CCc1cnccc1C(NN)c1nccn1C. The van der Waals surface area contributed by atoms with E-state index in [9.17, 15) is 0 Å². The molecule has 3 N–H and O–H groups in total. The molecule has 0 saturated carbocycles. The Bertz CT molecular complexity index is 491. The number of hydrazine groups is 1. The Morgan fingerprint density at radius 2 is 2.29 bits per heavy atom. The maximum atomic E-state index is 5.66. The van der Waals surface area contributed by atoms with Crippen LogP contribution in [0.5, 0.6) is 0 Å². The van der Waals surface area contributed by atoms with E-state index in [-0.39, 0.29) is 6.04 Å². The summed E-state index contributed by atoms with van der Waals surface area (Å²) < 4.78 is 1.96. The van der Waals surface area contributed by atoms with Gasteiger partial charge in [0.2, 0.25) is 0 Å². The van der Waals surface area contributed by atoms with Crippen molar-refractivity contribution in [3.05, 3.63) is 47.8 Å². The first-order valence-corrected chi connectivity index (χ1v) is 5.64. The molecule has 5 heteroatoms. The van der Waals surface area contributed by atoms with Gasteiger partial charge in [0.1, 0.15) is 11.9 Å². The van der Waals surface area contributed by atoms with Crippen LogP contribution in [0.2, 0.25) is 0 Å². The van der Waals surface area contributed by atoms with E-state index in [1.165, 1.54) is 5.56 Å². The monoisotopic (exact) mass is 231 g/mol. The summed E-state index contributed by atoms with van der Waals surface area (Å²) in [5.74, 6) is 6.56. The topological polar surface area (TPSA) is 68.8 Å². The normalized spacial score (nSPS) is 12.6. The molecule has 0 aliphatic carbocycles. The van der Waals surface area contributed by atoms with Gasteiger partial charge in [0, 0.05) is 31.8 Å². The minimum atomic E-state index is -0.104. The third-order valence-corrected chi connectivity index (χ3v) is 2.92. The number of nitrogens with zero attached hydrogens (tertiary/aromatic N) is 3. The zero-order valence-electron chi connectivity index (χ0n) is 10.1. The number of nitrogens with one attached hydrogen (secondary N) is 1. The summed E-state index contributed by atoms with van der Waals surface area (Å²) >= 11 is 0. The maximum absolute atomic E-state index is 5.66. The number of imidazole rings is 1. The van der Waals surface area contributed by atoms with Crippen molar-refractivity contribution in [3.8, 4) is 0 Å². The molecule has 0 fully saturated rings. The van der Waals surface area contributed by atoms with E-state index in [1.807, 2.05) is 30.1 Å². The van der Waals surface area contributed by atoms with Crippen LogP contribution in [0.3, 0.4) is 0 Å². The van der Waals surface area contributed by atoms with Crippen LogP contribution >= 0.6 is 0 Å². The Hall–Kier alpha value is -1.72. The predicted octanol–water partition coefficient (Wildman–Crippen LogP) is 0.930. The maximum Gasteiger partial charge on any atom is 0.131 e. The molecule has 0 aliphatic rings. The van der Waals surface area contributed by atoms with Crippen LogP contribution in [0.1, 0.15) is 29.9 Å². The van der Waals surface area contributed by atoms with E-state index < -0.39 is 0 Å². The molecular weight excluding hydrogens is 214 g/mol. The minimum absolute atomic E-state index is 0.104. The molecule has 0 spiro atoms. The summed E-state index contributed by atoms with van der Waals surface area (Å²) in [5.41, 5.74) is 5.13. The number of aromatic nitrogens is 3. The molecule has 0 aromatic carbocycles. The van der Waals surface area contributed by atoms with E-state index >= 15 is 0 Å². The highest BCUT2D eigenvalue weighted by atomic mass is 15.3. The third kappa shape index (κ3) is 2.20. The molecule has 0 radical (unpaired) electrons. The standard InChI is InChI=1S/C12H17N5/c1-3-9-8-14-5-4-10(9)11(16-13)12-15-6-7-17(12)2/h4-8,11,16H,3,13H2,1-2H3. The van der Waals surface area contributed by atoms with Crippen LogP contribution in [-0.2, 0) is 13.5 Å². The summed E-state index contributed by atoms with van der Waals surface area (Å²) in [6.07, 6.45) is 8.26. The number of aryl methyl sites for hydroxylation is 2. The number of hydrogen-bond donors (Lipinski definition) is 2. The third-order valence-electron chi connectivity index (χ3n) is 2.92. The smallest absolute Gasteiger partial charge is 0.131 e. The van der Waals surface area contributed by atoms with Gasteiger partial charge in [0.25, 0.3) is 0 Å². The Morgan fingerprint density at radius 1 is 1.47 bits per heavy atom. The summed E-state index contributed by atoms with van der Waals surface area (Å²) in [5, 5.41) is 0. The number of rotatable bonds is 4. The molecule has 0 aliphatic heterocycles. The average Bonchev–Trinajstić information content (AvgIpc) is 2.78. The van der Waals surface area contributed by atoms with Gasteiger partial charge in [-0.2, -0.15) is 0 Å². The highest BCUT2D eigenvalue weighted by Crippen LogP contribution is 2.22. The molecule has 90 valence electrons. The number of pyridine rings is 1. The van der Waals surface area contributed by atoms with Crippen molar-refractivity contribution in [2.75, 3.05) is 0 Å². The summed E-state index contributed by atoms with van der Waals surface area (Å²) in [6.45, 7) is 2.10. The molecule has 0 bridgehead atoms. The molecule has 2 heterocycles. The molecule has 1 atom stereocenters. The van der Waals surface area contributed by atoms with Crippen molar-refractivity contribution >= 4 is 0 Å². The van der Waals surface area contributed by atoms with Gasteiger partial charge in [-0.1, -0.05) is 6.92 Å². The van der Waals surface area contributed by atoms with Crippen LogP contribution in [-0.4, -0.2) is 14.5 Å². The van der Waals surface area contributed by atoms with Crippen LogP contribution in [0.15, 0.2) is 30.9 Å². The van der Waals surface area contributed by atoms with Gasteiger partial charge in [-0.3, -0.25) is 10.8 Å². The summed E-state index contributed by atoms with van der Waals surface area (Å²) in [7, 11) is 1.96. The van der Waals surface area contributed by atoms with Gasteiger partial charge < -0.3 is 4.57 Å². The summed E-state index contributed by atoms with van der Waals surface area (Å²) in [4.78, 5) is 8.48. The summed E-state index contributed by atoms with van der Waals surface area (Å²) in [6, 6.07) is 1.88. The van der Waals surface area contributed by atoms with Crippen LogP contribution in [0.25, 0.3) is 0 Å². The van der Waals surface area contributed by atoms with Crippen molar-refractivity contribution in [1.82, 2.24) is 20.0 Å². The zero-order valence-corrected chi connectivity index (χ0v) is 10.1. The first-order chi connectivity index (χ1) is 8.27. The average molecular weight is 231 g/mol. The van der Waals surface area contributed by atoms with Gasteiger partial charge >= 0.3 is 0 Å².